The van der Waals surface area contributed by atoms with Crippen molar-refractivity contribution in [2.45, 2.75) is 6.42 Å². The lowest BCUT2D eigenvalue weighted by Gasteiger charge is -2.17. The summed E-state index contributed by atoms with van der Waals surface area (Å²) in [5.74, 6) is 2.19. The van der Waals surface area contributed by atoms with E-state index < -0.39 is 0 Å². The summed E-state index contributed by atoms with van der Waals surface area (Å²) in [6, 6.07) is 1.52. The maximum Gasteiger partial charge on any atom is 0.312 e. The second-order valence-corrected chi connectivity index (χ2v) is 6.14. The Hall–Kier alpha value is -0.820. The summed E-state index contributed by atoms with van der Waals surface area (Å²) < 4.78 is 0.637. The zero-order valence-corrected chi connectivity index (χ0v) is 12.4. The van der Waals surface area contributed by atoms with Gasteiger partial charge in [0.05, 0.1) is 4.92 Å². The number of hydrogen-bond acceptors (Lipinski definition) is 5. The topological polar surface area (TPSA) is 59.3 Å². The molecule has 1 fully saturated rings. The average molecular weight is 332 g/mol. The summed E-state index contributed by atoms with van der Waals surface area (Å²) in [6.07, 6.45) is 4.78. The number of anilines is 1. The molecule has 0 amide bonds. The Labute approximate surface area is 118 Å². The first-order valence-corrected chi connectivity index (χ1v) is 7.84. The molecule has 0 radical (unpaired) electrons. The predicted octanol–water partition coefficient (Wildman–Crippen LogP) is 2.94. The van der Waals surface area contributed by atoms with Crippen LogP contribution >= 0.6 is 27.7 Å². The molecule has 0 N–H and O–H groups in total. The summed E-state index contributed by atoms with van der Waals surface area (Å²) in [7, 11) is 0. The molecule has 0 aliphatic carbocycles. The van der Waals surface area contributed by atoms with E-state index >= 15 is 0 Å². The molecule has 1 aliphatic rings. The van der Waals surface area contributed by atoms with E-state index in [0.29, 0.717) is 16.2 Å². The van der Waals surface area contributed by atoms with Gasteiger partial charge in [0.25, 0.3) is 0 Å². The zero-order chi connectivity index (χ0) is 13.1. The number of pyridine rings is 1. The molecule has 2 rings (SSSR count). The molecule has 1 aromatic rings. The lowest BCUT2D eigenvalue weighted by atomic mass is 10.2. The van der Waals surface area contributed by atoms with Crippen LogP contribution < -0.4 is 4.90 Å². The van der Waals surface area contributed by atoms with Gasteiger partial charge in [-0.1, -0.05) is 0 Å². The van der Waals surface area contributed by atoms with Crippen molar-refractivity contribution in [2.75, 3.05) is 30.0 Å². The fourth-order valence-corrected chi connectivity index (χ4v) is 3.26. The monoisotopic (exact) mass is 331 g/mol. The van der Waals surface area contributed by atoms with E-state index in [1.165, 1.54) is 6.07 Å². The second-order valence-electron chi connectivity index (χ2n) is 4.31. The van der Waals surface area contributed by atoms with Crippen molar-refractivity contribution in [3.05, 3.63) is 26.9 Å². The fraction of sp³-hybridized carbons (Fsp3) is 0.545. The number of thioether (sulfide) groups is 1. The number of halogens is 1. The Morgan fingerprint density at radius 3 is 3.17 bits per heavy atom. The molecule has 18 heavy (non-hydrogen) atoms. The van der Waals surface area contributed by atoms with Crippen molar-refractivity contribution in [1.29, 1.82) is 0 Å². The van der Waals surface area contributed by atoms with Gasteiger partial charge < -0.3 is 4.90 Å². The number of nitro groups is 1. The lowest BCUT2D eigenvalue weighted by molar-refractivity contribution is -0.384. The molecule has 1 atom stereocenters. The molecule has 5 nitrogen and oxygen atoms in total. The van der Waals surface area contributed by atoms with Crippen molar-refractivity contribution in [2.24, 2.45) is 5.92 Å². The van der Waals surface area contributed by atoms with E-state index in [1.807, 2.05) is 16.7 Å². The molecule has 0 saturated carbocycles. The largest absolute Gasteiger partial charge is 0.351 e. The zero-order valence-electron chi connectivity index (χ0n) is 10.0. The van der Waals surface area contributed by atoms with Crippen LogP contribution in [-0.2, 0) is 0 Å². The van der Waals surface area contributed by atoms with Gasteiger partial charge >= 0.3 is 5.69 Å². The maximum absolute atomic E-state index is 11.1. The van der Waals surface area contributed by atoms with E-state index in [-0.39, 0.29) is 10.6 Å². The second kappa shape index (κ2) is 5.88. The van der Waals surface area contributed by atoms with Crippen LogP contribution in [0.1, 0.15) is 6.42 Å². The number of aromatic nitrogens is 1. The van der Waals surface area contributed by atoms with Crippen molar-refractivity contribution in [1.82, 2.24) is 4.98 Å². The normalized spacial score (nSPS) is 19.2. The van der Waals surface area contributed by atoms with Gasteiger partial charge in [-0.3, -0.25) is 10.1 Å². The Morgan fingerprint density at radius 2 is 2.50 bits per heavy atom. The van der Waals surface area contributed by atoms with Crippen LogP contribution in [0.5, 0.6) is 0 Å². The Bertz CT molecular complexity index is 458. The van der Waals surface area contributed by atoms with E-state index in [4.69, 9.17) is 0 Å². The minimum Gasteiger partial charge on any atom is -0.351 e. The number of rotatable bonds is 4. The van der Waals surface area contributed by atoms with Crippen LogP contribution in [0.4, 0.5) is 11.5 Å². The van der Waals surface area contributed by atoms with Crippen molar-refractivity contribution in [3.8, 4) is 0 Å². The molecule has 98 valence electrons. The van der Waals surface area contributed by atoms with Crippen molar-refractivity contribution >= 4 is 39.2 Å². The molecule has 0 bridgehead atoms. The number of nitrogens with zero attached hydrogens (tertiary/aromatic N) is 3. The highest BCUT2D eigenvalue weighted by Crippen LogP contribution is 2.32. The maximum atomic E-state index is 11.1. The molecule has 0 unspecified atom stereocenters. The Morgan fingerprint density at radius 1 is 1.72 bits per heavy atom. The third-order valence-corrected chi connectivity index (χ3v) is 4.24. The van der Waals surface area contributed by atoms with Crippen molar-refractivity contribution in [3.63, 3.8) is 0 Å². The van der Waals surface area contributed by atoms with Gasteiger partial charge in [-0.25, -0.2) is 4.98 Å². The van der Waals surface area contributed by atoms with Crippen LogP contribution in [0.15, 0.2) is 16.7 Å². The third kappa shape index (κ3) is 2.95. The highest BCUT2D eigenvalue weighted by molar-refractivity contribution is 9.10. The van der Waals surface area contributed by atoms with Crippen LogP contribution in [-0.4, -0.2) is 35.0 Å². The standard InChI is InChI=1S/C11H14BrN3O2S/c1-18-7-8-2-3-14(6-8)11-10(15(16)17)4-9(12)5-13-11/h4-5,8H,2-3,6-7H2,1H3/t8-/m0/s1. The van der Waals surface area contributed by atoms with Crippen LogP contribution in [0.2, 0.25) is 0 Å². The van der Waals surface area contributed by atoms with Gasteiger partial charge in [-0.05, 0) is 40.3 Å². The van der Waals surface area contributed by atoms with Crippen LogP contribution in [0.3, 0.4) is 0 Å². The minimum atomic E-state index is -0.366. The molecular formula is C11H14BrN3O2S. The summed E-state index contributed by atoms with van der Waals surface area (Å²) in [5.41, 5.74) is 0.0779. The molecule has 2 heterocycles. The smallest absolute Gasteiger partial charge is 0.312 e. The van der Waals surface area contributed by atoms with Crippen molar-refractivity contribution < 1.29 is 4.92 Å². The first kappa shape index (κ1) is 13.6. The highest BCUT2D eigenvalue weighted by atomic mass is 79.9. The van der Waals surface area contributed by atoms with Gasteiger partial charge in [0, 0.05) is 29.8 Å². The first-order chi connectivity index (χ1) is 8.61. The molecule has 1 aliphatic heterocycles. The summed E-state index contributed by atoms with van der Waals surface area (Å²) in [4.78, 5) is 16.9. The van der Waals surface area contributed by atoms with Gasteiger partial charge in [0.1, 0.15) is 0 Å². The molecule has 0 aromatic carbocycles. The molecule has 1 aromatic heterocycles. The van der Waals surface area contributed by atoms with Gasteiger partial charge in [-0.15, -0.1) is 0 Å². The van der Waals surface area contributed by atoms with Gasteiger partial charge in [0.2, 0.25) is 5.82 Å². The van der Waals surface area contributed by atoms with Crippen LogP contribution in [0, 0.1) is 16.0 Å². The van der Waals surface area contributed by atoms with E-state index in [2.05, 4.69) is 27.2 Å². The van der Waals surface area contributed by atoms with E-state index in [0.717, 1.165) is 25.3 Å². The molecular weight excluding hydrogens is 318 g/mol. The Kier molecular flexibility index (Phi) is 4.45. The Balaban J connectivity index is 2.21. The summed E-state index contributed by atoms with van der Waals surface area (Å²) in [5, 5.41) is 11.1. The average Bonchev–Trinajstić information content (AvgIpc) is 2.78. The van der Waals surface area contributed by atoms with E-state index in [9.17, 15) is 10.1 Å². The van der Waals surface area contributed by atoms with E-state index in [1.54, 1.807) is 6.20 Å². The molecule has 0 spiro atoms. The predicted molar refractivity (Wildman–Crippen MR) is 77.3 cm³/mol. The lowest BCUT2D eigenvalue weighted by Crippen LogP contribution is -2.22. The van der Waals surface area contributed by atoms with Gasteiger partial charge in [0.15, 0.2) is 0 Å². The highest BCUT2D eigenvalue weighted by Gasteiger charge is 2.28. The summed E-state index contributed by atoms with van der Waals surface area (Å²) >= 11 is 5.04. The minimum absolute atomic E-state index is 0.0779. The fourth-order valence-electron chi connectivity index (χ4n) is 2.20. The first-order valence-electron chi connectivity index (χ1n) is 5.65. The summed E-state index contributed by atoms with van der Waals surface area (Å²) in [6.45, 7) is 1.71. The molecule has 1 saturated heterocycles. The number of hydrogen-bond donors (Lipinski definition) is 0. The van der Waals surface area contributed by atoms with Crippen LogP contribution in [0.25, 0.3) is 0 Å². The van der Waals surface area contributed by atoms with Gasteiger partial charge in [-0.2, -0.15) is 11.8 Å². The SMILES string of the molecule is CSC[C@H]1CCN(c2ncc(Br)cc2[N+](=O)[O-])C1. The molecule has 7 heteroatoms. The quantitative estimate of drug-likeness (QED) is 0.627. The third-order valence-electron chi connectivity index (χ3n) is 3.00.